The number of Topliss-reactive ketones (excluding diaryl/α,β-unsaturated/α-hetero) is 1. The van der Waals surface area contributed by atoms with Gasteiger partial charge in [-0.2, -0.15) is 0 Å². The molecular formula is C11H15BrO2. The Hall–Kier alpha value is -0.570. The average Bonchev–Trinajstić information content (AvgIpc) is 2.45. The number of hydrogen-bond acceptors (Lipinski definition) is 2. The molecule has 0 radical (unpaired) electrons. The van der Waals surface area contributed by atoms with Gasteiger partial charge < -0.3 is 4.42 Å². The van der Waals surface area contributed by atoms with Gasteiger partial charge in [-0.25, -0.2) is 0 Å². The van der Waals surface area contributed by atoms with Gasteiger partial charge in [0.25, 0.3) is 0 Å². The van der Waals surface area contributed by atoms with Gasteiger partial charge in [-0.15, -0.1) is 0 Å². The summed E-state index contributed by atoms with van der Waals surface area (Å²) in [6.07, 6.45) is 0. The van der Waals surface area contributed by atoms with E-state index < -0.39 is 0 Å². The van der Waals surface area contributed by atoms with Gasteiger partial charge in [-0.3, -0.25) is 4.79 Å². The van der Waals surface area contributed by atoms with E-state index >= 15 is 0 Å². The van der Waals surface area contributed by atoms with Crippen LogP contribution in [0.2, 0.25) is 0 Å². The molecule has 1 heterocycles. The van der Waals surface area contributed by atoms with Crippen molar-refractivity contribution in [3.63, 3.8) is 0 Å². The van der Waals surface area contributed by atoms with Gasteiger partial charge in [0, 0.05) is 5.41 Å². The lowest BCUT2D eigenvalue weighted by atomic mass is 9.93. The number of aryl methyl sites for hydroxylation is 1. The number of furan rings is 1. The minimum atomic E-state index is -0.0460. The van der Waals surface area contributed by atoms with Crippen LogP contribution in [0.3, 0.4) is 0 Å². The van der Waals surface area contributed by atoms with E-state index in [1.807, 2.05) is 13.0 Å². The molecule has 0 N–H and O–H groups in total. The predicted octanol–water partition coefficient (Wildman–Crippen LogP) is 3.46. The first kappa shape index (κ1) is 11.5. The molecule has 78 valence electrons. The lowest BCUT2D eigenvalue weighted by molar-refractivity contribution is 0.102. The zero-order valence-corrected chi connectivity index (χ0v) is 10.6. The molecule has 0 atom stereocenters. The van der Waals surface area contributed by atoms with Crippen molar-refractivity contribution in [3.05, 3.63) is 23.2 Å². The largest absolute Gasteiger partial charge is 0.465 e. The molecule has 1 aromatic heterocycles. The zero-order chi connectivity index (χ0) is 10.9. The molecule has 0 bridgehead atoms. The van der Waals surface area contributed by atoms with Crippen LogP contribution in [0.5, 0.6) is 0 Å². The Morgan fingerprint density at radius 3 is 2.43 bits per heavy atom. The molecule has 0 saturated carbocycles. The van der Waals surface area contributed by atoms with Crippen molar-refractivity contribution in [1.82, 2.24) is 0 Å². The van der Waals surface area contributed by atoms with Gasteiger partial charge in [0.1, 0.15) is 11.5 Å². The first-order valence-corrected chi connectivity index (χ1v) is 5.68. The third-order valence-corrected chi connectivity index (χ3v) is 2.59. The molecule has 0 aliphatic carbocycles. The maximum atomic E-state index is 11.5. The molecule has 2 nitrogen and oxygen atoms in total. The van der Waals surface area contributed by atoms with Crippen LogP contribution in [-0.4, -0.2) is 11.1 Å². The molecule has 0 saturated heterocycles. The van der Waals surface area contributed by atoms with Crippen molar-refractivity contribution < 1.29 is 9.21 Å². The van der Waals surface area contributed by atoms with Gasteiger partial charge in [0.05, 0.1) is 10.9 Å². The normalized spacial score (nSPS) is 11.8. The zero-order valence-electron chi connectivity index (χ0n) is 8.98. The number of hydrogen-bond donors (Lipinski definition) is 0. The van der Waals surface area contributed by atoms with Crippen molar-refractivity contribution in [2.75, 3.05) is 5.33 Å². The van der Waals surface area contributed by atoms with Gasteiger partial charge in [0.2, 0.25) is 0 Å². The third kappa shape index (κ3) is 2.27. The molecule has 3 heteroatoms. The summed E-state index contributed by atoms with van der Waals surface area (Å²) < 4.78 is 5.56. The second-order valence-electron chi connectivity index (χ2n) is 4.39. The Morgan fingerprint density at radius 1 is 1.50 bits per heavy atom. The summed E-state index contributed by atoms with van der Waals surface area (Å²) in [6.45, 7) is 8.01. The summed E-state index contributed by atoms with van der Waals surface area (Å²) in [5.74, 6) is 1.64. The Balaban J connectivity index is 3.12. The van der Waals surface area contributed by atoms with Gasteiger partial charge >= 0.3 is 0 Å². The Kier molecular flexibility index (Phi) is 3.20. The van der Waals surface area contributed by atoms with Crippen molar-refractivity contribution in [2.24, 2.45) is 0 Å². The number of ketones is 1. The average molecular weight is 259 g/mol. The van der Waals surface area contributed by atoms with Crippen LogP contribution in [0.1, 0.15) is 42.6 Å². The van der Waals surface area contributed by atoms with E-state index in [-0.39, 0.29) is 11.2 Å². The second kappa shape index (κ2) is 3.89. The van der Waals surface area contributed by atoms with Crippen molar-refractivity contribution in [1.29, 1.82) is 0 Å². The fourth-order valence-electron chi connectivity index (χ4n) is 1.20. The van der Waals surface area contributed by atoms with E-state index in [1.54, 1.807) is 0 Å². The SMILES string of the molecule is Cc1oc(C(C)(C)C)cc1C(=O)CBr. The van der Waals surface area contributed by atoms with E-state index in [9.17, 15) is 4.79 Å². The summed E-state index contributed by atoms with van der Waals surface area (Å²) >= 11 is 3.15. The highest BCUT2D eigenvalue weighted by Gasteiger charge is 2.22. The van der Waals surface area contributed by atoms with E-state index in [0.717, 1.165) is 5.76 Å². The molecule has 0 amide bonds. The van der Waals surface area contributed by atoms with Crippen LogP contribution < -0.4 is 0 Å². The molecule has 14 heavy (non-hydrogen) atoms. The maximum Gasteiger partial charge on any atom is 0.176 e. The quantitative estimate of drug-likeness (QED) is 0.601. The number of alkyl halides is 1. The molecule has 0 spiro atoms. The standard InChI is InChI=1S/C11H15BrO2/c1-7-8(9(13)6-12)5-10(14-7)11(2,3)4/h5H,6H2,1-4H3. The third-order valence-electron chi connectivity index (χ3n) is 2.08. The number of carbonyl (C=O) groups excluding carboxylic acids is 1. The number of carbonyl (C=O) groups is 1. The summed E-state index contributed by atoms with van der Waals surface area (Å²) in [5.41, 5.74) is 0.641. The first-order valence-electron chi connectivity index (χ1n) is 4.56. The van der Waals surface area contributed by atoms with Crippen molar-refractivity contribution >= 4 is 21.7 Å². The van der Waals surface area contributed by atoms with Crippen molar-refractivity contribution in [3.8, 4) is 0 Å². The van der Waals surface area contributed by atoms with Crippen LogP contribution >= 0.6 is 15.9 Å². The smallest absolute Gasteiger partial charge is 0.176 e. The molecule has 1 aromatic rings. The lowest BCUT2D eigenvalue weighted by Gasteiger charge is -2.13. The van der Waals surface area contributed by atoms with Crippen LogP contribution in [0, 0.1) is 6.92 Å². The van der Waals surface area contributed by atoms with Crippen LogP contribution in [0.15, 0.2) is 10.5 Å². The highest BCUT2D eigenvalue weighted by molar-refractivity contribution is 9.09. The number of rotatable bonds is 2. The predicted molar refractivity (Wildman–Crippen MR) is 60.3 cm³/mol. The molecule has 0 unspecified atom stereocenters. The van der Waals surface area contributed by atoms with E-state index in [2.05, 4.69) is 36.7 Å². The minimum Gasteiger partial charge on any atom is -0.465 e. The Morgan fingerprint density at radius 2 is 2.07 bits per heavy atom. The van der Waals surface area contributed by atoms with Gasteiger partial charge in [-0.1, -0.05) is 36.7 Å². The Labute approximate surface area is 92.8 Å². The van der Waals surface area contributed by atoms with Crippen LogP contribution in [0.25, 0.3) is 0 Å². The topological polar surface area (TPSA) is 30.2 Å². The van der Waals surface area contributed by atoms with Gasteiger partial charge in [-0.05, 0) is 13.0 Å². The fourth-order valence-corrected chi connectivity index (χ4v) is 1.50. The van der Waals surface area contributed by atoms with Crippen LogP contribution in [-0.2, 0) is 5.41 Å². The highest BCUT2D eigenvalue weighted by atomic mass is 79.9. The monoisotopic (exact) mass is 258 g/mol. The van der Waals surface area contributed by atoms with E-state index in [4.69, 9.17) is 4.42 Å². The van der Waals surface area contributed by atoms with E-state index in [0.29, 0.717) is 16.7 Å². The maximum absolute atomic E-state index is 11.5. The highest BCUT2D eigenvalue weighted by Crippen LogP contribution is 2.27. The van der Waals surface area contributed by atoms with Gasteiger partial charge in [0.15, 0.2) is 5.78 Å². The minimum absolute atomic E-state index is 0.0460. The van der Waals surface area contributed by atoms with Crippen molar-refractivity contribution in [2.45, 2.75) is 33.1 Å². The summed E-state index contributed by atoms with van der Waals surface area (Å²) in [6, 6.07) is 1.85. The Bertz CT molecular complexity index is 345. The molecular weight excluding hydrogens is 244 g/mol. The molecule has 1 rings (SSSR count). The molecule has 0 aliphatic heterocycles. The summed E-state index contributed by atoms with van der Waals surface area (Å²) in [4.78, 5) is 11.5. The molecule has 0 fully saturated rings. The first-order chi connectivity index (χ1) is 6.36. The van der Waals surface area contributed by atoms with E-state index in [1.165, 1.54) is 0 Å². The second-order valence-corrected chi connectivity index (χ2v) is 4.95. The fraction of sp³-hybridized carbons (Fsp3) is 0.545. The number of halogens is 1. The summed E-state index contributed by atoms with van der Waals surface area (Å²) in [7, 11) is 0. The molecule has 0 aromatic carbocycles. The molecule has 0 aliphatic rings. The van der Waals surface area contributed by atoms with Crippen LogP contribution in [0.4, 0.5) is 0 Å². The lowest BCUT2D eigenvalue weighted by Crippen LogP contribution is -2.09. The summed E-state index contributed by atoms with van der Waals surface area (Å²) in [5, 5.41) is 0.344.